The molecule has 1 aromatic rings. The number of anilines is 1. The quantitative estimate of drug-likeness (QED) is 0.632. The van der Waals surface area contributed by atoms with Crippen LogP contribution in [0, 0.1) is 0 Å². The van der Waals surface area contributed by atoms with Gasteiger partial charge >= 0.3 is 5.97 Å². The molecule has 0 aromatic carbocycles. The summed E-state index contributed by atoms with van der Waals surface area (Å²) in [5.41, 5.74) is 0.752. The van der Waals surface area contributed by atoms with Gasteiger partial charge in [-0.2, -0.15) is 0 Å². The van der Waals surface area contributed by atoms with Crippen molar-refractivity contribution in [3.8, 4) is 5.75 Å². The summed E-state index contributed by atoms with van der Waals surface area (Å²) >= 11 is 0. The maximum absolute atomic E-state index is 11.8. The fourth-order valence-electron chi connectivity index (χ4n) is 1.72. The first-order valence-electron chi connectivity index (χ1n) is 5.57. The van der Waals surface area contributed by atoms with E-state index in [-0.39, 0.29) is 12.2 Å². The molecule has 0 spiro atoms. The van der Waals surface area contributed by atoms with Gasteiger partial charge in [0.05, 0.1) is 29.5 Å². The van der Waals surface area contributed by atoms with Crippen LogP contribution in [0.3, 0.4) is 0 Å². The second-order valence-corrected chi connectivity index (χ2v) is 4.64. The molecular weight excluding hydrogens is 232 g/mol. The highest BCUT2D eigenvalue weighted by Crippen LogP contribution is 2.29. The lowest BCUT2D eigenvalue weighted by Crippen LogP contribution is -2.44. The largest absolute Gasteiger partial charge is 0.422 e. The van der Waals surface area contributed by atoms with Crippen molar-refractivity contribution in [1.82, 2.24) is 4.98 Å². The van der Waals surface area contributed by atoms with E-state index in [1.807, 2.05) is 0 Å². The van der Waals surface area contributed by atoms with E-state index < -0.39 is 11.5 Å². The minimum atomic E-state index is -0.629. The van der Waals surface area contributed by atoms with Crippen LogP contribution in [0.25, 0.3) is 0 Å². The zero-order valence-electron chi connectivity index (χ0n) is 10.3. The van der Waals surface area contributed by atoms with Crippen LogP contribution < -0.4 is 10.1 Å². The summed E-state index contributed by atoms with van der Waals surface area (Å²) in [6.45, 7) is 6.93. The Morgan fingerprint density at radius 1 is 1.61 bits per heavy atom. The maximum Gasteiger partial charge on any atom is 0.335 e. The van der Waals surface area contributed by atoms with Gasteiger partial charge in [-0.1, -0.05) is 6.58 Å². The van der Waals surface area contributed by atoms with Gasteiger partial charge in [-0.05, 0) is 13.8 Å². The second kappa shape index (κ2) is 4.25. The zero-order chi connectivity index (χ0) is 13.3. The number of pyridine rings is 1. The van der Waals surface area contributed by atoms with Gasteiger partial charge in [0.1, 0.15) is 0 Å². The lowest BCUT2D eigenvalue weighted by Gasteiger charge is -2.31. The Morgan fingerprint density at radius 3 is 3.00 bits per heavy atom. The van der Waals surface area contributed by atoms with E-state index >= 15 is 0 Å². The molecule has 0 saturated carbocycles. The molecule has 0 saturated heterocycles. The Morgan fingerprint density at radius 2 is 2.33 bits per heavy atom. The molecule has 18 heavy (non-hydrogen) atoms. The van der Waals surface area contributed by atoms with Gasteiger partial charge in [-0.25, -0.2) is 4.79 Å². The average molecular weight is 246 g/mol. The van der Waals surface area contributed by atoms with E-state index in [0.29, 0.717) is 17.1 Å². The number of nitrogens with one attached hydrogen (secondary N) is 1. The number of Topliss-reactive ketones (excluding diaryl/α,β-unsaturated/α-hetero) is 1. The topological polar surface area (TPSA) is 68.3 Å². The molecule has 0 radical (unpaired) electrons. The summed E-state index contributed by atoms with van der Waals surface area (Å²) in [5.74, 6) is -0.127. The molecule has 1 aliphatic heterocycles. The molecule has 0 bridgehead atoms. The molecule has 0 aliphatic carbocycles. The zero-order valence-corrected chi connectivity index (χ0v) is 10.3. The van der Waals surface area contributed by atoms with E-state index in [9.17, 15) is 9.59 Å². The lowest BCUT2D eigenvalue weighted by atomic mass is 9.90. The number of rotatable bonds is 2. The van der Waals surface area contributed by atoms with Crippen molar-refractivity contribution in [2.75, 3.05) is 5.32 Å². The maximum atomic E-state index is 11.8. The van der Waals surface area contributed by atoms with Crippen LogP contribution in [0.15, 0.2) is 24.9 Å². The lowest BCUT2D eigenvalue weighted by molar-refractivity contribution is -0.129. The van der Waals surface area contributed by atoms with Gasteiger partial charge in [-0.3, -0.25) is 9.78 Å². The van der Waals surface area contributed by atoms with Crippen molar-refractivity contribution in [2.24, 2.45) is 0 Å². The Bertz CT molecular complexity index is 535. The molecule has 5 nitrogen and oxygen atoms in total. The molecule has 94 valence electrons. The molecule has 1 aromatic heterocycles. The van der Waals surface area contributed by atoms with Gasteiger partial charge in [-0.15, -0.1) is 0 Å². The molecule has 0 amide bonds. The third-order valence-electron chi connectivity index (χ3n) is 2.80. The summed E-state index contributed by atoms with van der Waals surface area (Å²) in [5, 5.41) is 3.09. The van der Waals surface area contributed by atoms with Gasteiger partial charge in [0.25, 0.3) is 0 Å². The van der Waals surface area contributed by atoms with Crippen molar-refractivity contribution < 1.29 is 14.3 Å². The molecule has 0 atom stereocenters. The highest BCUT2D eigenvalue weighted by Gasteiger charge is 2.33. The number of ketones is 1. The van der Waals surface area contributed by atoms with Crippen LogP contribution in [-0.2, 0) is 16.0 Å². The molecule has 1 N–H and O–H groups in total. The Balaban J connectivity index is 2.30. The van der Waals surface area contributed by atoms with Crippen LogP contribution in [0.2, 0.25) is 0 Å². The monoisotopic (exact) mass is 246 g/mol. The van der Waals surface area contributed by atoms with Gasteiger partial charge in [0, 0.05) is 12.1 Å². The number of carbonyl (C=O) groups excluding carboxylic acids is 2. The summed E-state index contributed by atoms with van der Waals surface area (Å²) in [7, 11) is 0. The van der Waals surface area contributed by atoms with E-state index in [2.05, 4.69) is 16.9 Å². The fourth-order valence-corrected chi connectivity index (χ4v) is 1.72. The van der Waals surface area contributed by atoms with Crippen LogP contribution in [0.1, 0.15) is 19.5 Å². The van der Waals surface area contributed by atoms with E-state index in [1.54, 1.807) is 19.9 Å². The minimum absolute atomic E-state index is 0.0818. The van der Waals surface area contributed by atoms with Crippen LogP contribution in [-0.4, -0.2) is 22.3 Å². The van der Waals surface area contributed by atoms with Crippen LogP contribution >= 0.6 is 0 Å². The van der Waals surface area contributed by atoms with Crippen molar-refractivity contribution >= 4 is 17.4 Å². The molecule has 2 heterocycles. The average Bonchev–Trinajstić information content (AvgIpc) is 2.30. The summed E-state index contributed by atoms with van der Waals surface area (Å²) in [6, 6.07) is 1.66. The molecule has 0 unspecified atom stereocenters. The number of hydrogen-bond acceptors (Lipinski definition) is 5. The number of aromatic nitrogens is 1. The second-order valence-electron chi connectivity index (χ2n) is 4.64. The van der Waals surface area contributed by atoms with E-state index in [1.165, 1.54) is 6.20 Å². The number of carbonyl (C=O) groups is 2. The van der Waals surface area contributed by atoms with Crippen molar-refractivity contribution in [2.45, 2.75) is 25.8 Å². The Kier molecular flexibility index (Phi) is 2.90. The Labute approximate surface area is 105 Å². The van der Waals surface area contributed by atoms with Crippen LogP contribution in [0.4, 0.5) is 5.69 Å². The van der Waals surface area contributed by atoms with Crippen LogP contribution in [0.5, 0.6) is 5.75 Å². The van der Waals surface area contributed by atoms with Crippen molar-refractivity contribution in [3.63, 3.8) is 0 Å². The summed E-state index contributed by atoms with van der Waals surface area (Å²) in [4.78, 5) is 27.0. The predicted molar refractivity (Wildman–Crippen MR) is 66.5 cm³/mol. The highest BCUT2D eigenvalue weighted by atomic mass is 16.5. The number of nitrogens with zero attached hydrogens (tertiary/aromatic N) is 1. The fraction of sp³-hybridized carbons (Fsp3) is 0.308. The number of hydrogen-bond donors (Lipinski definition) is 1. The summed E-state index contributed by atoms with van der Waals surface area (Å²) < 4.78 is 4.98. The number of fused-ring (bicyclic) bond motifs is 1. The smallest absolute Gasteiger partial charge is 0.335 e. The van der Waals surface area contributed by atoms with Gasteiger partial charge in [0.2, 0.25) is 0 Å². The molecule has 1 aliphatic rings. The molecular formula is C13H14N2O3. The number of ether oxygens (including phenoxy) is 1. The third kappa shape index (κ3) is 2.25. The minimum Gasteiger partial charge on any atom is -0.422 e. The number of esters is 1. The molecule has 0 fully saturated rings. The third-order valence-corrected chi connectivity index (χ3v) is 2.80. The van der Waals surface area contributed by atoms with E-state index in [0.717, 1.165) is 6.08 Å². The van der Waals surface area contributed by atoms with Gasteiger partial charge < -0.3 is 10.1 Å². The molecule has 2 rings (SSSR count). The van der Waals surface area contributed by atoms with Crippen molar-refractivity contribution in [1.29, 1.82) is 0 Å². The van der Waals surface area contributed by atoms with Gasteiger partial charge in [0.15, 0.2) is 11.5 Å². The normalized spacial score (nSPS) is 16.4. The predicted octanol–water partition coefficient (Wildman–Crippen LogP) is 1.49. The first-order chi connectivity index (χ1) is 8.42. The first-order valence-corrected chi connectivity index (χ1v) is 5.57. The Hall–Kier alpha value is -2.17. The highest BCUT2D eigenvalue weighted by molar-refractivity contribution is 5.95. The first kappa shape index (κ1) is 12.3. The molecule has 5 heteroatoms. The van der Waals surface area contributed by atoms with Crippen molar-refractivity contribution in [3.05, 3.63) is 30.6 Å². The summed E-state index contributed by atoms with van der Waals surface area (Å²) in [6.07, 6.45) is 2.79. The SMILES string of the molecule is C=CC(=O)Oc1cnc2c(c1)NC(C)(C)C(=O)C2. The standard InChI is InChI=1S/C13H14N2O3/c1-4-12(17)18-8-5-10-9(14-7-8)6-11(16)13(2,3)15-10/h4-5,7,15H,1,6H2,2-3H3. The van der Waals surface area contributed by atoms with E-state index in [4.69, 9.17) is 4.74 Å².